The highest BCUT2D eigenvalue weighted by atomic mass is 79.9. The second-order valence-corrected chi connectivity index (χ2v) is 4.23. The summed E-state index contributed by atoms with van der Waals surface area (Å²) in [7, 11) is 0. The Morgan fingerprint density at radius 2 is 2.06 bits per heavy atom. The highest BCUT2D eigenvalue weighted by Gasteiger charge is 2.30. The van der Waals surface area contributed by atoms with Crippen LogP contribution in [-0.4, -0.2) is 15.6 Å². The Labute approximate surface area is 97.2 Å². The number of imidazole rings is 1. The van der Waals surface area contributed by atoms with E-state index in [1.54, 1.807) is 18.3 Å². The van der Waals surface area contributed by atoms with Crippen molar-refractivity contribution in [1.29, 1.82) is 0 Å². The van der Waals surface area contributed by atoms with Crippen LogP contribution >= 0.6 is 15.9 Å². The molecule has 3 nitrogen and oxygen atoms in total. The molecule has 0 unspecified atom stereocenters. The summed E-state index contributed by atoms with van der Waals surface area (Å²) in [4.78, 5) is 3.84. The Balaban J connectivity index is 2.52. The number of nitrogens with zero attached hydrogens (tertiary/aromatic N) is 2. The number of nitrogens with two attached hydrogens (primary N) is 1. The molecule has 0 aromatic carbocycles. The molecular formula is C9H7BrF3N3. The Kier molecular flexibility index (Phi) is 2.57. The predicted octanol–water partition coefficient (Wildman–Crippen LogP) is 2.78. The molecule has 2 N–H and O–H groups in total. The molecule has 0 atom stereocenters. The van der Waals surface area contributed by atoms with Gasteiger partial charge in [-0.2, -0.15) is 13.2 Å². The number of aromatic nitrogens is 2. The molecule has 0 fully saturated rings. The van der Waals surface area contributed by atoms with Gasteiger partial charge >= 0.3 is 6.18 Å². The van der Waals surface area contributed by atoms with E-state index in [-0.39, 0.29) is 11.5 Å². The van der Waals surface area contributed by atoms with E-state index in [4.69, 9.17) is 5.73 Å². The van der Waals surface area contributed by atoms with Gasteiger partial charge in [0, 0.05) is 10.7 Å². The number of anilines is 1. The van der Waals surface area contributed by atoms with Crippen molar-refractivity contribution in [3.8, 4) is 0 Å². The van der Waals surface area contributed by atoms with Crippen molar-refractivity contribution in [3.63, 3.8) is 0 Å². The second-order valence-electron chi connectivity index (χ2n) is 3.31. The number of rotatable bonds is 1. The van der Waals surface area contributed by atoms with E-state index in [1.165, 1.54) is 4.40 Å². The molecule has 0 saturated heterocycles. The van der Waals surface area contributed by atoms with Crippen molar-refractivity contribution in [1.82, 2.24) is 9.38 Å². The first-order chi connectivity index (χ1) is 7.37. The van der Waals surface area contributed by atoms with Crippen LogP contribution in [0.2, 0.25) is 0 Å². The van der Waals surface area contributed by atoms with Crippen molar-refractivity contribution < 1.29 is 13.2 Å². The Hall–Kier alpha value is -1.24. The molecule has 86 valence electrons. The summed E-state index contributed by atoms with van der Waals surface area (Å²) in [6, 6.07) is 3.29. The fourth-order valence-corrected chi connectivity index (χ4v) is 1.74. The normalized spacial score (nSPS) is 12.2. The largest absolute Gasteiger partial charge is 0.394 e. The summed E-state index contributed by atoms with van der Waals surface area (Å²) in [6.45, 7) is 0. The quantitative estimate of drug-likeness (QED) is 0.879. The summed E-state index contributed by atoms with van der Waals surface area (Å²) in [5.41, 5.74) is 5.85. The lowest BCUT2D eigenvalue weighted by molar-refractivity contribution is -0.127. The maximum atomic E-state index is 12.2. The van der Waals surface area contributed by atoms with E-state index in [0.717, 1.165) is 4.47 Å². The minimum Gasteiger partial charge on any atom is -0.383 e. The maximum Gasteiger partial charge on any atom is 0.394 e. The number of hydrogen-bond donors (Lipinski definition) is 1. The topological polar surface area (TPSA) is 43.3 Å². The van der Waals surface area contributed by atoms with E-state index in [1.807, 2.05) is 0 Å². The van der Waals surface area contributed by atoms with Gasteiger partial charge in [0.15, 0.2) is 0 Å². The number of hydrogen-bond acceptors (Lipinski definition) is 2. The zero-order valence-electron chi connectivity index (χ0n) is 7.92. The minimum absolute atomic E-state index is 0.0219. The van der Waals surface area contributed by atoms with Crippen LogP contribution in [0.4, 0.5) is 19.0 Å². The van der Waals surface area contributed by atoms with Crippen LogP contribution < -0.4 is 5.73 Å². The van der Waals surface area contributed by atoms with E-state index in [2.05, 4.69) is 20.9 Å². The Morgan fingerprint density at radius 1 is 1.38 bits per heavy atom. The number of pyridine rings is 1. The maximum absolute atomic E-state index is 12.2. The Bertz CT molecular complexity index is 533. The molecular weight excluding hydrogens is 287 g/mol. The van der Waals surface area contributed by atoms with E-state index in [9.17, 15) is 13.2 Å². The van der Waals surface area contributed by atoms with E-state index < -0.39 is 12.6 Å². The number of alkyl halides is 3. The summed E-state index contributed by atoms with van der Waals surface area (Å²) < 4.78 is 38.8. The SMILES string of the molecule is Nc1c(CC(F)(F)F)nc2ccc(Br)cn12. The van der Waals surface area contributed by atoms with Crippen LogP contribution in [0.5, 0.6) is 0 Å². The van der Waals surface area contributed by atoms with Crippen molar-refractivity contribution in [2.24, 2.45) is 0 Å². The Morgan fingerprint density at radius 3 is 2.69 bits per heavy atom. The fourth-order valence-electron chi connectivity index (χ4n) is 1.41. The van der Waals surface area contributed by atoms with Gasteiger partial charge in [-0.25, -0.2) is 4.98 Å². The molecule has 2 heterocycles. The molecule has 0 bridgehead atoms. The van der Waals surface area contributed by atoms with Crippen molar-refractivity contribution in [2.45, 2.75) is 12.6 Å². The van der Waals surface area contributed by atoms with E-state index >= 15 is 0 Å². The van der Waals surface area contributed by atoms with E-state index in [0.29, 0.717) is 5.65 Å². The number of fused-ring (bicyclic) bond motifs is 1. The predicted molar refractivity (Wildman–Crippen MR) is 57.1 cm³/mol. The molecule has 2 aromatic rings. The van der Waals surface area contributed by atoms with Crippen LogP contribution in [0.3, 0.4) is 0 Å². The van der Waals surface area contributed by atoms with Gasteiger partial charge in [-0.3, -0.25) is 4.40 Å². The summed E-state index contributed by atoms with van der Waals surface area (Å²) in [5, 5.41) is 0. The number of nitrogen functional groups attached to an aromatic ring is 1. The van der Waals surface area contributed by atoms with Crippen molar-refractivity contribution in [3.05, 3.63) is 28.5 Å². The van der Waals surface area contributed by atoms with Crippen LogP contribution in [0.15, 0.2) is 22.8 Å². The lowest BCUT2D eigenvalue weighted by Crippen LogP contribution is -2.13. The first kappa shape index (κ1) is 11.3. The van der Waals surface area contributed by atoms with Gasteiger partial charge in [0.05, 0.1) is 12.1 Å². The summed E-state index contributed by atoms with van der Waals surface area (Å²) in [6.07, 6.45) is -3.83. The molecule has 2 rings (SSSR count). The third-order valence-corrected chi connectivity index (χ3v) is 2.53. The van der Waals surface area contributed by atoms with Gasteiger partial charge in [-0.1, -0.05) is 0 Å². The van der Waals surface area contributed by atoms with Crippen LogP contribution in [0.25, 0.3) is 5.65 Å². The van der Waals surface area contributed by atoms with Crippen LogP contribution in [0.1, 0.15) is 5.69 Å². The third kappa shape index (κ3) is 2.13. The molecule has 0 aliphatic rings. The summed E-state index contributed by atoms with van der Waals surface area (Å²) >= 11 is 3.21. The number of halogens is 4. The molecule has 0 aliphatic heterocycles. The van der Waals surface area contributed by atoms with Gasteiger partial charge < -0.3 is 5.73 Å². The first-order valence-electron chi connectivity index (χ1n) is 4.35. The van der Waals surface area contributed by atoms with Gasteiger partial charge in [0.1, 0.15) is 11.5 Å². The molecule has 0 radical (unpaired) electrons. The average Bonchev–Trinajstić information content (AvgIpc) is 2.42. The highest BCUT2D eigenvalue weighted by Crippen LogP contribution is 2.25. The van der Waals surface area contributed by atoms with Crippen molar-refractivity contribution in [2.75, 3.05) is 5.73 Å². The van der Waals surface area contributed by atoms with Gasteiger partial charge in [-0.15, -0.1) is 0 Å². The minimum atomic E-state index is -4.30. The van der Waals surface area contributed by atoms with Gasteiger partial charge in [-0.05, 0) is 28.1 Å². The molecule has 7 heteroatoms. The zero-order valence-corrected chi connectivity index (χ0v) is 9.51. The monoisotopic (exact) mass is 293 g/mol. The molecule has 0 amide bonds. The zero-order chi connectivity index (χ0) is 11.9. The summed E-state index contributed by atoms with van der Waals surface area (Å²) in [5.74, 6) is 0.0219. The molecule has 2 aromatic heterocycles. The molecule has 0 spiro atoms. The second kappa shape index (κ2) is 3.65. The van der Waals surface area contributed by atoms with Crippen LogP contribution in [0, 0.1) is 0 Å². The van der Waals surface area contributed by atoms with Crippen molar-refractivity contribution >= 4 is 27.4 Å². The third-order valence-electron chi connectivity index (χ3n) is 2.06. The lowest BCUT2D eigenvalue weighted by atomic mass is 10.3. The smallest absolute Gasteiger partial charge is 0.383 e. The molecule has 0 saturated carbocycles. The van der Waals surface area contributed by atoms with Gasteiger partial charge in [0.2, 0.25) is 0 Å². The lowest BCUT2D eigenvalue weighted by Gasteiger charge is -2.03. The van der Waals surface area contributed by atoms with Gasteiger partial charge in [0.25, 0.3) is 0 Å². The molecule has 0 aliphatic carbocycles. The average molecular weight is 294 g/mol. The highest BCUT2D eigenvalue weighted by molar-refractivity contribution is 9.10. The first-order valence-corrected chi connectivity index (χ1v) is 5.15. The molecule has 16 heavy (non-hydrogen) atoms. The van der Waals surface area contributed by atoms with Crippen LogP contribution in [-0.2, 0) is 6.42 Å². The fraction of sp³-hybridized carbons (Fsp3) is 0.222. The standard InChI is InChI=1S/C9H7BrF3N3/c10-5-1-2-7-15-6(3-9(11,12)13)8(14)16(7)4-5/h1-2,4H,3,14H2.